The summed E-state index contributed by atoms with van der Waals surface area (Å²) >= 11 is 0. The van der Waals surface area contributed by atoms with E-state index in [1.807, 2.05) is 30.3 Å². The van der Waals surface area contributed by atoms with Crippen LogP contribution >= 0.6 is 0 Å². The molecule has 1 aliphatic heterocycles. The Morgan fingerprint density at radius 3 is 2.76 bits per heavy atom. The van der Waals surface area contributed by atoms with Gasteiger partial charge in [0.05, 0.1) is 19.6 Å². The van der Waals surface area contributed by atoms with Crippen molar-refractivity contribution in [2.24, 2.45) is 5.92 Å². The predicted octanol–water partition coefficient (Wildman–Crippen LogP) is 2.99. The van der Waals surface area contributed by atoms with Crippen molar-refractivity contribution < 1.29 is 19.1 Å². The van der Waals surface area contributed by atoms with Gasteiger partial charge in [-0.3, -0.25) is 9.69 Å². The Morgan fingerprint density at radius 2 is 2.14 bits per heavy atom. The maximum atomic E-state index is 12.0. The van der Waals surface area contributed by atoms with E-state index in [1.165, 1.54) is 7.11 Å². The van der Waals surface area contributed by atoms with Gasteiger partial charge in [-0.1, -0.05) is 38.0 Å². The van der Waals surface area contributed by atoms with Crippen LogP contribution < -0.4 is 4.90 Å². The fraction of sp³-hybridized carbons (Fsp3) is 0.500. The molecule has 0 bridgehead atoms. The van der Waals surface area contributed by atoms with Gasteiger partial charge >= 0.3 is 12.1 Å². The van der Waals surface area contributed by atoms with E-state index in [1.54, 1.807) is 4.90 Å². The summed E-state index contributed by atoms with van der Waals surface area (Å²) in [6.45, 7) is 2.44. The van der Waals surface area contributed by atoms with Crippen molar-refractivity contribution in [2.75, 3.05) is 18.6 Å². The van der Waals surface area contributed by atoms with E-state index in [0.717, 1.165) is 18.5 Å². The molecule has 5 heteroatoms. The molecule has 1 saturated heterocycles. The van der Waals surface area contributed by atoms with Crippen LogP contribution in [0.1, 0.15) is 26.2 Å². The van der Waals surface area contributed by atoms with Gasteiger partial charge in [0.25, 0.3) is 0 Å². The lowest BCUT2D eigenvalue weighted by Crippen LogP contribution is -2.33. The Kier molecular flexibility index (Phi) is 5.20. The summed E-state index contributed by atoms with van der Waals surface area (Å²) in [7, 11) is 1.37. The van der Waals surface area contributed by atoms with Crippen molar-refractivity contribution in [1.29, 1.82) is 0 Å². The van der Waals surface area contributed by atoms with Crippen molar-refractivity contribution in [3.05, 3.63) is 30.3 Å². The molecule has 21 heavy (non-hydrogen) atoms. The van der Waals surface area contributed by atoms with Crippen LogP contribution in [-0.2, 0) is 14.3 Å². The minimum atomic E-state index is -0.447. The van der Waals surface area contributed by atoms with Crippen LogP contribution in [0.5, 0.6) is 0 Å². The van der Waals surface area contributed by atoms with Crippen LogP contribution in [0.4, 0.5) is 10.5 Å². The number of ether oxygens (including phenoxy) is 2. The number of carbonyl (C=O) groups excluding carboxylic acids is 2. The summed E-state index contributed by atoms with van der Waals surface area (Å²) in [5.74, 6) is -0.705. The molecule has 1 unspecified atom stereocenters. The van der Waals surface area contributed by atoms with Gasteiger partial charge in [-0.05, 0) is 18.6 Å². The number of anilines is 1. The first-order valence-electron chi connectivity index (χ1n) is 7.28. The van der Waals surface area contributed by atoms with E-state index < -0.39 is 18.1 Å². The third-order valence-corrected chi connectivity index (χ3v) is 3.72. The number of amides is 1. The molecule has 0 radical (unpaired) electrons. The molecule has 2 atom stereocenters. The minimum Gasteiger partial charge on any atom is -0.469 e. The second-order valence-electron chi connectivity index (χ2n) is 5.14. The summed E-state index contributed by atoms with van der Waals surface area (Å²) in [5.41, 5.74) is 0.782. The van der Waals surface area contributed by atoms with Gasteiger partial charge < -0.3 is 9.47 Å². The number of esters is 1. The zero-order valence-corrected chi connectivity index (χ0v) is 12.5. The second kappa shape index (κ2) is 7.11. The fourth-order valence-electron chi connectivity index (χ4n) is 2.54. The first-order valence-corrected chi connectivity index (χ1v) is 7.28. The van der Waals surface area contributed by atoms with Gasteiger partial charge in [-0.25, -0.2) is 4.79 Å². The number of nitrogens with zero attached hydrogens (tertiary/aromatic N) is 1. The molecule has 114 valence electrons. The van der Waals surface area contributed by atoms with Crippen molar-refractivity contribution in [3.8, 4) is 0 Å². The number of carbonyl (C=O) groups is 2. The maximum absolute atomic E-state index is 12.0. The van der Waals surface area contributed by atoms with Crippen molar-refractivity contribution >= 4 is 17.7 Å². The summed E-state index contributed by atoms with van der Waals surface area (Å²) in [5, 5.41) is 0. The highest BCUT2D eigenvalue weighted by atomic mass is 16.6. The molecule has 0 saturated carbocycles. The SMILES string of the molecule is CCCCC(C(=O)OC)[C@H]1CN(c2ccccc2)C(=O)O1. The highest BCUT2D eigenvalue weighted by Crippen LogP contribution is 2.27. The molecule has 0 spiro atoms. The molecular weight excluding hydrogens is 270 g/mol. The smallest absolute Gasteiger partial charge is 0.414 e. The molecule has 1 aromatic rings. The molecule has 1 fully saturated rings. The molecule has 5 nitrogen and oxygen atoms in total. The van der Waals surface area contributed by atoms with E-state index in [-0.39, 0.29) is 5.97 Å². The number of para-hydroxylation sites is 1. The quantitative estimate of drug-likeness (QED) is 0.756. The van der Waals surface area contributed by atoms with Crippen LogP contribution in [0.25, 0.3) is 0 Å². The molecule has 2 rings (SSSR count). The Morgan fingerprint density at radius 1 is 1.43 bits per heavy atom. The molecule has 1 heterocycles. The molecule has 0 aliphatic carbocycles. The number of methoxy groups -OCH3 is 1. The number of hydrogen-bond donors (Lipinski definition) is 0. The molecule has 1 amide bonds. The lowest BCUT2D eigenvalue weighted by atomic mass is 9.96. The molecule has 1 aromatic carbocycles. The topological polar surface area (TPSA) is 55.8 Å². The lowest BCUT2D eigenvalue weighted by Gasteiger charge is -2.19. The third-order valence-electron chi connectivity index (χ3n) is 3.72. The number of cyclic esters (lactones) is 1. The summed E-state index contributed by atoms with van der Waals surface area (Å²) in [6.07, 6.45) is 1.70. The van der Waals surface area contributed by atoms with Crippen LogP contribution in [0.2, 0.25) is 0 Å². The average Bonchev–Trinajstić information content (AvgIpc) is 2.90. The van der Waals surface area contributed by atoms with Crippen molar-refractivity contribution in [3.63, 3.8) is 0 Å². The number of hydrogen-bond acceptors (Lipinski definition) is 4. The van der Waals surface area contributed by atoms with E-state index >= 15 is 0 Å². The van der Waals surface area contributed by atoms with Gasteiger partial charge in [0.1, 0.15) is 6.10 Å². The first-order chi connectivity index (χ1) is 10.2. The molecule has 1 aliphatic rings. The average molecular weight is 291 g/mol. The Hall–Kier alpha value is -2.04. The number of benzene rings is 1. The van der Waals surface area contributed by atoms with Crippen LogP contribution in [-0.4, -0.2) is 31.8 Å². The van der Waals surface area contributed by atoms with E-state index in [4.69, 9.17) is 9.47 Å². The lowest BCUT2D eigenvalue weighted by molar-refractivity contribution is -0.149. The number of rotatable bonds is 6. The fourth-order valence-corrected chi connectivity index (χ4v) is 2.54. The van der Waals surface area contributed by atoms with Gasteiger partial charge in [0.2, 0.25) is 0 Å². The van der Waals surface area contributed by atoms with E-state index in [0.29, 0.717) is 13.0 Å². The minimum absolute atomic E-state index is 0.309. The maximum Gasteiger partial charge on any atom is 0.414 e. The van der Waals surface area contributed by atoms with Gasteiger partial charge in [0.15, 0.2) is 0 Å². The largest absolute Gasteiger partial charge is 0.469 e. The normalized spacial score (nSPS) is 19.2. The zero-order chi connectivity index (χ0) is 15.2. The van der Waals surface area contributed by atoms with E-state index in [9.17, 15) is 9.59 Å². The molecule has 0 aromatic heterocycles. The van der Waals surface area contributed by atoms with Crippen LogP contribution in [0.15, 0.2) is 30.3 Å². The van der Waals surface area contributed by atoms with Gasteiger partial charge in [-0.15, -0.1) is 0 Å². The number of unbranched alkanes of at least 4 members (excludes halogenated alkanes) is 1. The second-order valence-corrected chi connectivity index (χ2v) is 5.14. The highest BCUT2D eigenvalue weighted by Gasteiger charge is 2.40. The zero-order valence-electron chi connectivity index (χ0n) is 12.5. The first kappa shape index (κ1) is 15.4. The van der Waals surface area contributed by atoms with Crippen LogP contribution in [0.3, 0.4) is 0 Å². The predicted molar refractivity (Wildman–Crippen MR) is 79.1 cm³/mol. The van der Waals surface area contributed by atoms with Crippen molar-refractivity contribution in [1.82, 2.24) is 0 Å². The highest BCUT2D eigenvalue weighted by molar-refractivity contribution is 5.90. The van der Waals surface area contributed by atoms with E-state index in [2.05, 4.69) is 6.92 Å². The molecule has 0 N–H and O–H groups in total. The summed E-state index contributed by atoms with van der Waals surface area (Å²) in [6, 6.07) is 9.32. The van der Waals surface area contributed by atoms with Crippen molar-refractivity contribution in [2.45, 2.75) is 32.3 Å². The third kappa shape index (κ3) is 3.54. The standard InChI is InChI=1S/C16H21NO4/c1-3-4-10-13(15(18)20-2)14-11-17(16(19)21-14)12-8-6-5-7-9-12/h5-9,13-14H,3-4,10-11H2,1-2H3/t13?,14-/m1/s1. The van der Waals surface area contributed by atoms with Crippen LogP contribution in [0, 0.1) is 5.92 Å². The Balaban J connectivity index is 2.10. The van der Waals surface area contributed by atoms with Gasteiger partial charge in [-0.2, -0.15) is 0 Å². The Bertz CT molecular complexity index is 488. The monoisotopic (exact) mass is 291 g/mol. The summed E-state index contributed by atoms with van der Waals surface area (Å²) in [4.78, 5) is 25.5. The Labute approximate surface area is 124 Å². The van der Waals surface area contributed by atoms with Gasteiger partial charge in [0, 0.05) is 5.69 Å². The molecular formula is C16H21NO4. The summed E-state index contributed by atoms with van der Waals surface area (Å²) < 4.78 is 10.2.